The van der Waals surface area contributed by atoms with Gasteiger partial charge in [0.15, 0.2) is 11.6 Å². The predicted octanol–water partition coefficient (Wildman–Crippen LogP) is 2.20. The molecule has 0 unspecified atom stereocenters. The monoisotopic (exact) mass is 403 g/mol. The van der Waals surface area contributed by atoms with Gasteiger partial charge in [0.05, 0.1) is 16.9 Å². The molecule has 3 aromatic heterocycles. The summed E-state index contributed by atoms with van der Waals surface area (Å²) in [6.07, 6.45) is 1.48. The lowest BCUT2D eigenvalue weighted by atomic mass is 10.3. The summed E-state index contributed by atoms with van der Waals surface area (Å²) in [6, 6.07) is 7.26. The molecule has 27 heavy (non-hydrogen) atoms. The molecule has 0 bridgehead atoms. The van der Waals surface area contributed by atoms with Crippen LogP contribution in [-0.4, -0.2) is 68.7 Å². The lowest BCUT2D eigenvalue weighted by Crippen LogP contribution is -2.51. The Kier molecular flexibility index (Phi) is 5.26. The summed E-state index contributed by atoms with van der Waals surface area (Å²) >= 11 is 2.89. The third-order valence-corrected chi connectivity index (χ3v) is 5.90. The molecular formula is C17H17N5O3S2. The average molecular weight is 403 g/mol. The molecule has 0 saturated carbocycles. The maximum atomic E-state index is 12.4. The van der Waals surface area contributed by atoms with Crippen LogP contribution in [0.5, 0.6) is 0 Å². The molecule has 1 N–H and O–H groups in total. The minimum Gasteiger partial charge on any atom is -0.459 e. The first kappa shape index (κ1) is 17.8. The van der Waals surface area contributed by atoms with Crippen molar-refractivity contribution >= 4 is 34.9 Å². The van der Waals surface area contributed by atoms with E-state index in [2.05, 4.69) is 15.2 Å². The van der Waals surface area contributed by atoms with E-state index in [4.69, 9.17) is 4.42 Å². The van der Waals surface area contributed by atoms with Crippen LogP contribution < -0.4 is 0 Å². The number of amides is 2. The van der Waals surface area contributed by atoms with Crippen LogP contribution in [0.15, 0.2) is 45.5 Å². The minimum absolute atomic E-state index is 0.0209. The van der Waals surface area contributed by atoms with Crippen molar-refractivity contribution in [1.29, 1.82) is 0 Å². The maximum absolute atomic E-state index is 12.4. The van der Waals surface area contributed by atoms with E-state index in [-0.39, 0.29) is 17.6 Å². The smallest absolute Gasteiger partial charge is 0.289 e. The van der Waals surface area contributed by atoms with Gasteiger partial charge in [-0.2, -0.15) is 0 Å². The Bertz CT molecular complexity index is 899. The van der Waals surface area contributed by atoms with Crippen LogP contribution in [0.25, 0.3) is 10.7 Å². The van der Waals surface area contributed by atoms with Gasteiger partial charge < -0.3 is 14.2 Å². The standard InChI is InChI=1S/C17H17N5O3S2/c23-14(11-27-17-18-15(19-20-17)13-4-2-10-26-13)21-5-7-22(8-6-21)16(24)12-3-1-9-25-12/h1-4,9-10H,5-8,11H2,(H,18,19,20). The number of hydrogen-bond donors (Lipinski definition) is 1. The van der Waals surface area contributed by atoms with Crippen molar-refractivity contribution in [1.82, 2.24) is 25.0 Å². The Hall–Kier alpha value is -2.59. The van der Waals surface area contributed by atoms with Gasteiger partial charge in [0, 0.05) is 26.2 Å². The Morgan fingerprint density at radius 2 is 2.00 bits per heavy atom. The summed E-state index contributed by atoms with van der Waals surface area (Å²) in [4.78, 5) is 33.6. The van der Waals surface area contributed by atoms with E-state index in [1.165, 1.54) is 18.0 Å². The first-order valence-electron chi connectivity index (χ1n) is 8.40. The van der Waals surface area contributed by atoms with Gasteiger partial charge in [-0.3, -0.25) is 14.7 Å². The molecule has 1 fully saturated rings. The van der Waals surface area contributed by atoms with Crippen molar-refractivity contribution in [2.45, 2.75) is 5.16 Å². The lowest BCUT2D eigenvalue weighted by Gasteiger charge is -2.34. The van der Waals surface area contributed by atoms with Crippen LogP contribution in [0.1, 0.15) is 10.6 Å². The van der Waals surface area contributed by atoms with Gasteiger partial charge in [0.1, 0.15) is 0 Å². The zero-order chi connectivity index (χ0) is 18.6. The first-order chi connectivity index (χ1) is 13.2. The van der Waals surface area contributed by atoms with Gasteiger partial charge >= 0.3 is 0 Å². The zero-order valence-electron chi connectivity index (χ0n) is 14.3. The van der Waals surface area contributed by atoms with Crippen molar-refractivity contribution < 1.29 is 14.0 Å². The zero-order valence-corrected chi connectivity index (χ0v) is 16.0. The number of thiophene rings is 1. The average Bonchev–Trinajstić information content (AvgIpc) is 3.47. The number of H-pyrrole nitrogens is 1. The SMILES string of the molecule is O=C(CSc1n[nH]c(-c2cccs2)n1)N1CCN(C(=O)c2ccco2)CC1. The number of carbonyl (C=O) groups excluding carboxylic acids is 2. The fourth-order valence-electron chi connectivity index (χ4n) is 2.77. The molecule has 0 aromatic carbocycles. The molecule has 1 saturated heterocycles. The number of nitrogens with zero attached hydrogens (tertiary/aromatic N) is 4. The fraction of sp³-hybridized carbons (Fsp3) is 0.294. The third-order valence-electron chi connectivity index (χ3n) is 4.20. The van der Waals surface area contributed by atoms with E-state index in [1.807, 2.05) is 17.5 Å². The highest BCUT2D eigenvalue weighted by atomic mass is 32.2. The molecule has 0 spiro atoms. The highest BCUT2D eigenvalue weighted by molar-refractivity contribution is 7.99. The Labute approximate surface area is 163 Å². The van der Waals surface area contributed by atoms with Gasteiger partial charge in [0.2, 0.25) is 11.1 Å². The Morgan fingerprint density at radius 3 is 2.70 bits per heavy atom. The molecular weight excluding hydrogens is 386 g/mol. The number of hydrogen-bond acceptors (Lipinski definition) is 7. The second-order valence-corrected chi connectivity index (χ2v) is 7.77. The van der Waals surface area contributed by atoms with E-state index >= 15 is 0 Å². The van der Waals surface area contributed by atoms with Crippen molar-refractivity contribution in [3.63, 3.8) is 0 Å². The van der Waals surface area contributed by atoms with E-state index in [1.54, 1.807) is 33.3 Å². The van der Waals surface area contributed by atoms with Crippen LogP contribution in [0.4, 0.5) is 0 Å². The summed E-state index contributed by atoms with van der Waals surface area (Å²) in [5.74, 6) is 1.20. The van der Waals surface area contributed by atoms with E-state index in [0.717, 1.165) is 4.88 Å². The minimum atomic E-state index is -0.136. The normalized spacial score (nSPS) is 14.5. The van der Waals surface area contributed by atoms with Gasteiger partial charge in [0.25, 0.3) is 5.91 Å². The van der Waals surface area contributed by atoms with Crippen LogP contribution in [0.3, 0.4) is 0 Å². The maximum Gasteiger partial charge on any atom is 0.289 e. The molecule has 8 nitrogen and oxygen atoms in total. The molecule has 2 amide bonds. The fourth-order valence-corrected chi connectivity index (χ4v) is 4.13. The summed E-state index contributed by atoms with van der Waals surface area (Å²) in [6.45, 7) is 2.03. The summed E-state index contributed by atoms with van der Waals surface area (Å²) in [5, 5.41) is 9.58. The number of aromatic amines is 1. The molecule has 0 radical (unpaired) electrons. The topological polar surface area (TPSA) is 95.3 Å². The largest absolute Gasteiger partial charge is 0.459 e. The second-order valence-electron chi connectivity index (χ2n) is 5.88. The molecule has 3 aromatic rings. The number of piperazine rings is 1. The summed E-state index contributed by atoms with van der Waals surface area (Å²) < 4.78 is 5.15. The number of rotatable bonds is 5. The van der Waals surface area contributed by atoms with Crippen molar-refractivity contribution in [3.8, 4) is 10.7 Å². The number of carbonyl (C=O) groups is 2. The third kappa shape index (κ3) is 4.06. The molecule has 1 aliphatic rings. The number of nitrogens with one attached hydrogen (secondary N) is 1. The van der Waals surface area contributed by atoms with Crippen molar-refractivity contribution in [3.05, 3.63) is 41.7 Å². The quantitative estimate of drug-likeness (QED) is 0.656. The van der Waals surface area contributed by atoms with Gasteiger partial charge in [-0.15, -0.1) is 16.4 Å². The first-order valence-corrected chi connectivity index (χ1v) is 10.3. The van der Waals surface area contributed by atoms with E-state index in [9.17, 15) is 9.59 Å². The number of thioether (sulfide) groups is 1. The molecule has 4 heterocycles. The molecule has 4 rings (SSSR count). The highest BCUT2D eigenvalue weighted by Gasteiger charge is 2.26. The second kappa shape index (κ2) is 7.97. The Morgan fingerprint density at radius 1 is 1.19 bits per heavy atom. The van der Waals surface area contributed by atoms with Crippen LogP contribution >= 0.6 is 23.1 Å². The molecule has 140 valence electrons. The number of furan rings is 1. The van der Waals surface area contributed by atoms with Crippen LogP contribution in [0.2, 0.25) is 0 Å². The Balaban J connectivity index is 1.26. The number of aromatic nitrogens is 3. The highest BCUT2D eigenvalue weighted by Crippen LogP contribution is 2.23. The summed E-state index contributed by atoms with van der Waals surface area (Å²) in [5.41, 5.74) is 0. The van der Waals surface area contributed by atoms with E-state index in [0.29, 0.717) is 42.9 Å². The van der Waals surface area contributed by atoms with Gasteiger partial charge in [-0.1, -0.05) is 17.8 Å². The molecule has 10 heteroatoms. The van der Waals surface area contributed by atoms with Crippen molar-refractivity contribution in [2.24, 2.45) is 0 Å². The van der Waals surface area contributed by atoms with Crippen LogP contribution in [0, 0.1) is 0 Å². The van der Waals surface area contributed by atoms with E-state index < -0.39 is 0 Å². The predicted molar refractivity (Wildman–Crippen MR) is 102 cm³/mol. The van der Waals surface area contributed by atoms with Crippen molar-refractivity contribution in [2.75, 3.05) is 31.9 Å². The van der Waals surface area contributed by atoms with Crippen LogP contribution in [-0.2, 0) is 4.79 Å². The van der Waals surface area contributed by atoms with Gasteiger partial charge in [-0.25, -0.2) is 4.98 Å². The molecule has 1 aliphatic heterocycles. The van der Waals surface area contributed by atoms with Gasteiger partial charge in [-0.05, 0) is 23.6 Å². The summed E-state index contributed by atoms with van der Waals surface area (Å²) in [7, 11) is 0. The lowest BCUT2D eigenvalue weighted by molar-refractivity contribution is -0.129. The molecule has 0 atom stereocenters. The molecule has 0 aliphatic carbocycles.